The van der Waals surface area contributed by atoms with E-state index in [0.717, 1.165) is 29.4 Å². The number of hydrogen-bond donors (Lipinski definition) is 0. The fraction of sp³-hybridized carbons (Fsp3) is 0.278. The highest BCUT2D eigenvalue weighted by Crippen LogP contribution is 2.22. The van der Waals surface area contributed by atoms with Crippen LogP contribution in [0.1, 0.15) is 5.69 Å². The Morgan fingerprint density at radius 3 is 2.52 bits per heavy atom. The molecule has 1 saturated heterocycles. The molecule has 4 rings (SSSR count). The van der Waals surface area contributed by atoms with Crippen LogP contribution in [0, 0.1) is 11.6 Å². The minimum absolute atomic E-state index is 0.214. The Morgan fingerprint density at radius 2 is 1.78 bits per heavy atom. The number of aromatic nitrogens is 2. The van der Waals surface area contributed by atoms with Crippen LogP contribution in [0.15, 0.2) is 53.6 Å². The summed E-state index contributed by atoms with van der Waals surface area (Å²) >= 11 is 0. The van der Waals surface area contributed by atoms with E-state index in [9.17, 15) is 17.2 Å². The van der Waals surface area contributed by atoms with Crippen molar-refractivity contribution in [2.75, 3.05) is 26.2 Å². The molecule has 142 valence electrons. The number of sulfonamides is 1. The second kappa shape index (κ2) is 6.99. The lowest BCUT2D eigenvalue weighted by Gasteiger charge is -2.33. The third-order valence-corrected chi connectivity index (χ3v) is 6.56. The molecule has 9 heteroatoms. The number of benzene rings is 1. The van der Waals surface area contributed by atoms with Crippen molar-refractivity contribution >= 4 is 15.5 Å². The highest BCUT2D eigenvalue weighted by molar-refractivity contribution is 7.89. The molecule has 0 spiro atoms. The summed E-state index contributed by atoms with van der Waals surface area (Å²) < 4.78 is 55.5. The van der Waals surface area contributed by atoms with Crippen LogP contribution in [-0.4, -0.2) is 53.4 Å². The van der Waals surface area contributed by atoms with Crippen molar-refractivity contribution in [3.05, 3.63) is 66.0 Å². The van der Waals surface area contributed by atoms with Gasteiger partial charge in [0.15, 0.2) is 0 Å². The smallest absolute Gasteiger partial charge is 0.246 e. The zero-order chi connectivity index (χ0) is 19.0. The molecule has 3 aromatic rings. The molecule has 6 nitrogen and oxygen atoms in total. The lowest BCUT2D eigenvalue weighted by atomic mass is 10.3. The highest BCUT2D eigenvalue weighted by Gasteiger charge is 2.31. The van der Waals surface area contributed by atoms with Gasteiger partial charge in [0.05, 0.1) is 11.2 Å². The lowest BCUT2D eigenvalue weighted by Crippen LogP contribution is -2.48. The predicted molar refractivity (Wildman–Crippen MR) is 95.6 cm³/mol. The van der Waals surface area contributed by atoms with Gasteiger partial charge in [-0.25, -0.2) is 21.7 Å². The fourth-order valence-corrected chi connectivity index (χ4v) is 4.74. The molecule has 3 heterocycles. The summed E-state index contributed by atoms with van der Waals surface area (Å²) in [6.07, 6.45) is 1.87. The van der Waals surface area contributed by atoms with Crippen LogP contribution in [0.25, 0.3) is 5.52 Å². The monoisotopic (exact) mass is 392 g/mol. The number of piperazine rings is 1. The van der Waals surface area contributed by atoms with Crippen LogP contribution in [0.5, 0.6) is 0 Å². The summed E-state index contributed by atoms with van der Waals surface area (Å²) in [5.41, 5.74) is 1.89. The van der Waals surface area contributed by atoms with Crippen molar-refractivity contribution in [2.45, 2.75) is 11.4 Å². The third-order valence-electron chi connectivity index (χ3n) is 4.65. The maximum absolute atomic E-state index is 13.9. The van der Waals surface area contributed by atoms with Gasteiger partial charge in [-0.15, -0.1) is 0 Å². The van der Waals surface area contributed by atoms with E-state index < -0.39 is 26.6 Å². The first kappa shape index (κ1) is 18.0. The summed E-state index contributed by atoms with van der Waals surface area (Å²) in [4.78, 5) is 1.48. The van der Waals surface area contributed by atoms with Crippen molar-refractivity contribution in [1.29, 1.82) is 0 Å². The van der Waals surface area contributed by atoms with E-state index in [4.69, 9.17) is 0 Å². The molecule has 0 unspecified atom stereocenters. The summed E-state index contributed by atoms with van der Waals surface area (Å²) in [5, 5.41) is 4.50. The molecule has 27 heavy (non-hydrogen) atoms. The largest absolute Gasteiger partial charge is 0.295 e. The normalized spacial score (nSPS) is 16.8. The number of rotatable bonds is 4. The first-order valence-electron chi connectivity index (χ1n) is 8.54. The van der Waals surface area contributed by atoms with Crippen LogP contribution in [-0.2, 0) is 16.6 Å². The molecule has 1 aliphatic rings. The summed E-state index contributed by atoms with van der Waals surface area (Å²) in [5.74, 6) is -1.72. The molecule has 1 fully saturated rings. The van der Waals surface area contributed by atoms with Crippen molar-refractivity contribution < 1.29 is 17.2 Å². The van der Waals surface area contributed by atoms with E-state index >= 15 is 0 Å². The van der Waals surface area contributed by atoms with Crippen molar-refractivity contribution in [1.82, 2.24) is 18.8 Å². The molecular formula is C18H18F2N4O2S. The van der Waals surface area contributed by atoms with E-state index in [-0.39, 0.29) is 13.1 Å². The number of fused-ring (bicyclic) bond motifs is 1. The van der Waals surface area contributed by atoms with E-state index in [1.807, 2.05) is 30.5 Å². The number of hydrogen-bond acceptors (Lipinski definition) is 4. The van der Waals surface area contributed by atoms with Gasteiger partial charge in [-0.3, -0.25) is 4.90 Å². The van der Waals surface area contributed by atoms with E-state index in [2.05, 4.69) is 10.00 Å². The van der Waals surface area contributed by atoms with Crippen LogP contribution in [0.4, 0.5) is 8.78 Å². The Bertz CT molecular complexity index is 1040. The van der Waals surface area contributed by atoms with Gasteiger partial charge in [0, 0.05) is 38.9 Å². The zero-order valence-corrected chi connectivity index (χ0v) is 15.2. The molecule has 1 aromatic carbocycles. The fourth-order valence-electron chi connectivity index (χ4n) is 3.24. The Balaban J connectivity index is 1.44. The second-order valence-electron chi connectivity index (χ2n) is 6.46. The summed E-state index contributed by atoms with van der Waals surface area (Å²) in [6, 6.07) is 10.3. The van der Waals surface area contributed by atoms with Crippen molar-refractivity contribution in [3.8, 4) is 0 Å². The highest BCUT2D eigenvalue weighted by atomic mass is 32.2. The molecule has 2 aromatic heterocycles. The first-order chi connectivity index (χ1) is 12.9. The SMILES string of the molecule is O=S(=O)(c1cc(F)ccc1F)N1CCN(Cc2cc3ccccn3n2)CC1. The lowest BCUT2D eigenvalue weighted by molar-refractivity contribution is 0.179. The molecule has 0 radical (unpaired) electrons. The maximum atomic E-state index is 13.9. The van der Waals surface area contributed by atoms with Crippen molar-refractivity contribution in [3.63, 3.8) is 0 Å². The Labute approximate surface area is 155 Å². The summed E-state index contributed by atoms with van der Waals surface area (Å²) in [7, 11) is -4.06. The molecule has 0 amide bonds. The topological polar surface area (TPSA) is 57.9 Å². The average molecular weight is 392 g/mol. The zero-order valence-electron chi connectivity index (χ0n) is 14.4. The number of nitrogens with zero attached hydrogens (tertiary/aromatic N) is 4. The second-order valence-corrected chi connectivity index (χ2v) is 8.37. The van der Waals surface area contributed by atoms with Gasteiger partial charge in [-0.2, -0.15) is 9.40 Å². The molecule has 0 bridgehead atoms. The Hall–Kier alpha value is -2.36. The molecule has 0 aliphatic carbocycles. The van der Waals surface area contributed by atoms with E-state index in [0.29, 0.717) is 19.6 Å². The van der Waals surface area contributed by atoms with Crippen molar-refractivity contribution in [2.24, 2.45) is 0 Å². The maximum Gasteiger partial charge on any atom is 0.246 e. The van der Waals surface area contributed by atoms with Crippen LogP contribution in [0.2, 0.25) is 0 Å². The van der Waals surface area contributed by atoms with Gasteiger partial charge >= 0.3 is 0 Å². The molecular weight excluding hydrogens is 374 g/mol. The Morgan fingerprint density at radius 1 is 1.00 bits per heavy atom. The van der Waals surface area contributed by atoms with Crippen LogP contribution >= 0.6 is 0 Å². The minimum atomic E-state index is -4.06. The Kier molecular flexibility index (Phi) is 4.67. The molecule has 1 aliphatic heterocycles. The predicted octanol–water partition coefficient (Wildman–Crippen LogP) is 2.12. The van der Waals surface area contributed by atoms with Crippen LogP contribution < -0.4 is 0 Å². The van der Waals surface area contributed by atoms with E-state index in [1.165, 1.54) is 4.31 Å². The average Bonchev–Trinajstić information content (AvgIpc) is 3.06. The summed E-state index contributed by atoms with van der Waals surface area (Å²) in [6.45, 7) is 2.01. The quantitative estimate of drug-likeness (QED) is 0.683. The van der Waals surface area contributed by atoms with Gasteiger partial charge < -0.3 is 0 Å². The molecule has 0 atom stereocenters. The standard InChI is InChI=1S/C18H18F2N4O2S/c19-14-4-5-17(20)18(11-14)27(25,26)23-9-7-22(8-10-23)13-15-12-16-3-1-2-6-24(16)21-15/h1-6,11-12H,7-10,13H2. The molecule has 0 saturated carbocycles. The van der Waals surface area contributed by atoms with Gasteiger partial charge in [0.1, 0.15) is 16.5 Å². The first-order valence-corrected chi connectivity index (χ1v) is 9.98. The van der Waals surface area contributed by atoms with Gasteiger partial charge in [-0.1, -0.05) is 6.07 Å². The minimum Gasteiger partial charge on any atom is -0.295 e. The van der Waals surface area contributed by atoms with E-state index in [1.54, 1.807) is 4.52 Å². The van der Waals surface area contributed by atoms with Crippen LogP contribution in [0.3, 0.4) is 0 Å². The van der Waals surface area contributed by atoms with Gasteiger partial charge in [-0.05, 0) is 36.4 Å². The number of pyridine rings is 1. The van der Waals surface area contributed by atoms with Gasteiger partial charge in [0.2, 0.25) is 10.0 Å². The third kappa shape index (κ3) is 3.58. The van der Waals surface area contributed by atoms with Gasteiger partial charge in [0.25, 0.3) is 0 Å². The molecule has 0 N–H and O–H groups in total. The number of halogens is 2.